The molecule has 2 rings (SSSR count). The van der Waals surface area contributed by atoms with Crippen LogP contribution in [0.5, 0.6) is 0 Å². The van der Waals surface area contributed by atoms with Crippen molar-refractivity contribution in [1.29, 1.82) is 0 Å². The van der Waals surface area contributed by atoms with Crippen LogP contribution in [-0.4, -0.2) is 12.0 Å². The van der Waals surface area contributed by atoms with Gasteiger partial charge in [-0.3, -0.25) is 0 Å². The Morgan fingerprint density at radius 3 is 2.47 bits per heavy atom. The molecule has 0 aliphatic rings. The van der Waals surface area contributed by atoms with Crippen LogP contribution in [0.25, 0.3) is 11.3 Å². The van der Waals surface area contributed by atoms with Crippen molar-refractivity contribution in [2.24, 2.45) is 0 Å². The van der Waals surface area contributed by atoms with E-state index in [1.54, 1.807) is 6.20 Å². The number of oxazole rings is 1. The zero-order valence-electron chi connectivity index (χ0n) is 9.50. The van der Waals surface area contributed by atoms with Crippen molar-refractivity contribution in [3.05, 3.63) is 39.2 Å². The third-order valence-electron chi connectivity index (χ3n) is 2.47. The molecule has 1 aromatic carbocycles. The summed E-state index contributed by atoms with van der Waals surface area (Å²) in [4.78, 5) is 4.26. The van der Waals surface area contributed by atoms with Crippen LogP contribution >= 0.6 is 31.9 Å². The van der Waals surface area contributed by atoms with E-state index < -0.39 is 0 Å². The summed E-state index contributed by atoms with van der Waals surface area (Å²) >= 11 is 6.91. The maximum absolute atomic E-state index is 5.72. The Morgan fingerprint density at radius 2 is 1.88 bits per heavy atom. The Bertz CT molecular complexity index is 505. The van der Waals surface area contributed by atoms with Crippen LogP contribution < -0.4 is 5.32 Å². The second kappa shape index (κ2) is 5.33. The van der Waals surface area contributed by atoms with Crippen molar-refractivity contribution in [2.75, 3.05) is 7.05 Å². The van der Waals surface area contributed by atoms with E-state index in [-0.39, 0.29) is 6.04 Å². The second-order valence-corrected chi connectivity index (χ2v) is 5.56. The van der Waals surface area contributed by atoms with Crippen LogP contribution in [0.15, 0.2) is 37.8 Å². The number of rotatable bonds is 3. The van der Waals surface area contributed by atoms with Crippen LogP contribution in [0.3, 0.4) is 0 Å². The van der Waals surface area contributed by atoms with Crippen molar-refractivity contribution < 1.29 is 4.42 Å². The summed E-state index contributed by atoms with van der Waals surface area (Å²) < 4.78 is 7.72. The van der Waals surface area contributed by atoms with Gasteiger partial charge in [-0.25, -0.2) is 4.98 Å². The van der Waals surface area contributed by atoms with Gasteiger partial charge in [0.1, 0.15) is 0 Å². The third-order valence-corrected chi connectivity index (χ3v) is 3.39. The number of hydrogen-bond acceptors (Lipinski definition) is 3. The molecule has 0 aliphatic heterocycles. The van der Waals surface area contributed by atoms with Gasteiger partial charge >= 0.3 is 0 Å². The van der Waals surface area contributed by atoms with Crippen molar-refractivity contribution >= 4 is 31.9 Å². The predicted molar refractivity (Wildman–Crippen MR) is 74.8 cm³/mol. The molecule has 0 radical (unpaired) electrons. The van der Waals surface area contributed by atoms with Crippen molar-refractivity contribution in [3.63, 3.8) is 0 Å². The number of nitrogens with one attached hydrogen (secondary N) is 1. The van der Waals surface area contributed by atoms with E-state index in [1.807, 2.05) is 32.2 Å². The topological polar surface area (TPSA) is 38.1 Å². The van der Waals surface area contributed by atoms with Gasteiger partial charge in [0.25, 0.3) is 0 Å². The monoisotopic (exact) mass is 358 g/mol. The number of nitrogens with zero attached hydrogens (tertiary/aromatic N) is 1. The quantitative estimate of drug-likeness (QED) is 0.894. The lowest BCUT2D eigenvalue weighted by Gasteiger charge is -2.04. The van der Waals surface area contributed by atoms with E-state index >= 15 is 0 Å². The largest absolute Gasteiger partial charge is 0.439 e. The van der Waals surface area contributed by atoms with E-state index in [1.165, 1.54) is 0 Å². The summed E-state index contributed by atoms with van der Waals surface area (Å²) in [6, 6.07) is 6.09. The lowest BCUT2D eigenvalue weighted by Crippen LogP contribution is -2.12. The van der Waals surface area contributed by atoms with Crippen LogP contribution in [0.2, 0.25) is 0 Å². The van der Waals surface area contributed by atoms with E-state index in [0.717, 1.165) is 20.3 Å². The molecule has 1 heterocycles. The Balaban J connectivity index is 2.36. The molecule has 17 heavy (non-hydrogen) atoms. The zero-order valence-corrected chi connectivity index (χ0v) is 12.7. The highest BCUT2D eigenvalue weighted by atomic mass is 79.9. The van der Waals surface area contributed by atoms with E-state index in [0.29, 0.717) is 5.89 Å². The SMILES string of the molecule is CNC(C)c1ncc(-c2cc(Br)cc(Br)c2)o1. The van der Waals surface area contributed by atoms with E-state index in [2.05, 4.69) is 42.2 Å². The first kappa shape index (κ1) is 12.8. The van der Waals surface area contributed by atoms with Crippen molar-refractivity contribution in [1.82, 2.24) is 10.3 Å². The summed E-state index contributed by atoms with van der Waals surface area (Å²) in [5.74, 6) is 1.46. The van der Waals surface area contributed by atoms with Gasteiger partial charge in [0.2, 0.25) is 5.89 Å². The molecule has 1 aromatic heterocycles. The number of halogens is 2. The number of aromatic nitrogens is 1. The molecule has 0 spiro atoms. The lowest BCUT2D eigenvalue weighted by molar-refractivity contribution is 0.441. The van der Waals surface area contributed by atoms with Crippen LogP contribution in [-0.2, 0) is 0 Å². The van der Waals surface area contributed by atoms with Gasteiger partial charge in [0.15, 0.2) is 5.76 Å². The van der Waals surface area contributed by atoms with Gasteiger partial charge in [0.05, 0.1) is 12.2 Å². The number of benzene rings is 1. The minimum Gasteiger partial charge on any atom is -0.439 e. The van der Waals surface area contributed by atoms with Crippen LogP contribution in [0, 0.1) is 0 Å². The molecule has 0 amide bonds. The highest BCUT2D eigenvalue weighted by Gasteiger charge is 2.12. The molecular formula is C12H12Br2N2O. The van der Waals surface area contributed by atoms with Gasteiger partial charge in [-0.15, -0.1) is 0 Å². The zero-order chi connectivity index (χ0) is 12.4. The van der Waals surface area contributed by atoms with Crippen molar-refractivity contribution in [2.45, 2.75) is 13.0 Å². The van der Waals surface area contributed by atoms with Crippen LogP contribution in [0.4, 0.5) is 0 Å². The lowest BCUT2D eigenvalue weighted by atomic mass is 10.2. The van der Waals surface area contributed by atoms with Gasteiger partial charge in [-0.2, -0.15) is 0 Å². The standard InChI is InChI=1S/C12H12Br2N2O/c1-7(15-2)12-16-6-11(17-12)8-3-9(13)5-10(14)4-8/h3-7,15H,1-2H3. The van der Waals surface area contributed by atoms with Gasteiger partial charge in [-0.05, 0) is 32.2 Å². The fourth-order valence-electron chi connectivity index (χ4n) is 1.44. The summed E-state index contributed by atoms with van der Waals surface area (Å²) in [6.45, 7) is 2.01. The molecule has 0 saturated carbocycles. The minimum absolute atomic E-state index is 0.111. The molecule has 0 bridgehead atoms. The first-order chi connectivity index (χ1) is 8.10. The molecule has 1 atom stereocenters. The first-order valence-electron chi connectivity index (χ1n) is 5.19. The third kappa shape index (κ3) is 2.97. The first-order valence-corrected chi connectivity index (χ1v) is 6.78. The highest BCUT2D eigenvalue weighted by molar-refractivity contribution is 9.11. The number of hydrogen-bond donors (Lipinski definition) is 1. The molecule has 0 aliphatic carbocycles. The Labute approximate surface area is 117 Å². The fourth-order valence-corrected chi connectivity index (χ4v) is 2.73. The maximum atomic E-state index is 5.72. The van der Waals surface area contributed by atoms with E-state index in [4.69, 9.17) is 4.42 Å². The van der Waals surface area contributed by atoms with Gasteiger partial charge in [0, 0.05) is 14.5 Å². The average Bonchev–Trinajstić information content (AvgIpc) is 2.76. The maximum Gasteiger partial charge on any atom is 0.211 e. The molecular weight excluding hydrogens is 348 g/mol. The van der Waals surface area contributed by atoms with Crippen molar-refractivity contribution in [3.8, 4) is 11.3 Å². The van der Waals surface area contributed by atoms with Crippen LogP contribution in [0.1, 0.15) is 18.9 Å². The molecule has 3 nitrogen and oxygen atoms in total. The molecule has 2 aromatic rings. The Hall–Kier alpha value is -0.650. The smallest absolute Gasteiger partial charge is 0.211 e. The summed E-state index contributed by atoms with van der Waals surface area (Å²) in [5, 5.41) is 3.09. The second-order valence-electron chi connectivity index (χ2n) is 3.73. The molecule has 90 valence electrons. The normalized spacial score (nSPS) is 12.7. The molecule has 0 saturated heterocycles. The van der Waals surface area contributed by atoms with Gasteiger partial charge in [-0.1, -0.05) is 31.9 Å². The Kier molecular flexibility index (Phi) is 4.01. The van der Waals surface area contributed by atoms with E-state index in [9.17, 15) is 0 Å². The Morgan fingerprint density at radius 1 is 1.24 bits per heavy atom. The molecule has 1 N–H and O–H groups in total. The summed E-state index contributed by atoms with van der Waals surface area (Å²) in [7, 11) is 1.88. The van der Waals surface area contributed by atoms with Gasteiger partial charge < -0.3 is 9.73 Å². The predicted octanol–water partition coefficient (Wildman–Crippen LogP) is 4.15. The molecule has 5 heteroatoms. The average molecular weight is 360 g/mol. The molecule has 0 fully saturated rings. The minimum atomic E-state index is 0.111. The summed E-state index contributed by atoms with van der Waals surface area (Å²) in [6.07, 6.45) is 1.75. The molecule has 1 unspecified atom stereocenters. The summed E-state index contributed by atoms with van der Waals surface area (Å²) in [5.41, 5.74) is 0.994. The highest BCUT2D eigenvalue weighted by Crippen LogP contribution is 2.29. The fraction of sp³-hybridized carbons (Fsp3) is 0.250.